The van der Waals surface area contributed by atoms with E-state index in [1.54, 1.807) is 37.4 Å². The zero-order valence-corrected chi connectivity index (χ0v) is 18.7. The topological polar surface area (TPSA) is 101 Å². The molecule has 0 aliphatic rings. The highest BCUT2D eigenvalue weighted by Gasteiger charge is 2.35. The fourth-order valence-electron chi connectivity index (χ4n) is 3.02. The number of methoxy groups -OCH3 is 1. The van der Waals surface area contributed by atoms with Crippen LogP contribution in [0, 0.1) is 6.92 Å². The van der Waals surface area contributed by atoms with Crippen LogP contribution < -0.4 is 20.7 Å². The van der Waals surface area contributed by atoms with Crippen molar-refractivity contribution in [3.63, 3.8) is 0 Å². The third-order valence-corrected chi connectivity index (χ3v) is 4.76. The number of amides is 1. The summed E-state index contributed by atoms with van der Waals surface area (Å²) in [7, 11) is 1.46. The monoisotopic (exact) mass is 472 g/mol. The average Bonchev–Trinajstić information content (AvgIpc) is 2.80. The minimum absolute atomic E-state index is 0.0674. The quantitative estimate of drug-likeness (QED) is 0.378. The van der Waals surface area contributed by atoms with Crippen molar-refractivity contribution in [1.82, 2.24) is 15.0 Å². The van der Waals surface area contributed by atoms with E-state index >= 15 is 0 Å². The number of benzene rings is 1. The Bertz CT molecular complexity index is 1210. The van der Waals surface area contributed by atoms with Crippen molar-refractivity contribution in [2.75, 3.05) is 23.1 Å². The lowest BCUT2D eigenvalue weighted by Gasteiger charge is -2.18. The van der Waals surface area contributed by atoms with E-state index in [1.165, 1.54) is 7.11 Å². The van der Waals surface area contributed by atoms with Gasteiger partial charge in [0.1, 0.15) is 11.4 Å². The van der Waals surface area contributed by atoms with Crippen molar-refractivity contribution in [2.24, 2.45) is 0 Å². The van der Waals surface area contributed by atoms with Crippen LogP contribution in [0.4, 0.5) is 42.0 Å². The van der Waals surface area contributed by atoms with Crippen LogP contribution >= 0.6 is 0 Å². The van der Waals surface area contributed by atoms with Crippen LogP contribution in [0.15, 0.2) is 49.3 Å². The molecule has 0 aliphatic carbocycles. The Morgan fingerprint density at radius 2 is 1.88 bits per heavy atom. The lowest BCUT2D eigenvalue weighted by molar-refractivity contribution is -0.137. The second-order valence-electron chi connectivity index (χ2n) is 7.18. The molecular weight excluding hydrogens is 449 g/mol. The molecule has 1 aromatic carbocycles. The molecule has 3 rings (SSSR count). The Hall–Kier alpha value is -4.15. The number of aryl methyl sites for hydroxylation is 2. The van der Waals surface area contributed by atoms with Crippen LogP contribution in [0.1, 0.15) is 23.6 Å². The second-order valence-corrected chi connectivity index (χ2v) is 7.18. The number of hydrogen-bond donors (Lipinski definition) is 3. The van der Waals surface area contributed by atoms with Gasteiger partial charge in [0.25, 0.3) is 0 Å². The maximum absolute atomic E-state index is 13.7. The largest absolute Gasteiger partial charge is 0.481 e. The van der Waals surface area contributed by atoms with Gasteiger partial charge in [-0.25, -0.2) is 9.97 Å². The minimum Gasteiger partial charge on any atom is -0.481 e. The molecule has 0 bridgehead atoms. The maximum atomic E-state index is 13.7. The van der Waals surface area contributed by atoms with Crippen LogP contribution in [-0.4, -0.2) is 28.0 Å². The van der Waals surface area contributed by atoms with Crippen molar-refractivity contribution in [3.8, 4) is 5.88 Å². The van der Waals surface area contributed by atoms with E-state index in [0.717, 1.165) is 17.2 Å². The molecule has 3 aromatic rings. The van der Waals surface area contributed by atoms with E-state index in [4.69, 9.17) is 4.74 Å². The molecule has 0 fully saturated rings. The molecule has 0 saturated heterocycles. The number of alkyl halides is 3. The van der Waals surface area contributed by atoms with Gasteiger partial charge in [0.2, 0.25) is 17.7 Å². The van der Waals surface area contributed by atoms with Gasteiger partial charge in [0.05, 0.1) is 24.2 Å². The number of pyridine rings is 1. The molecule has 11 heteroatoms. The highest BCUT2D eigenvalue weighted by molar-refractivity contribution is 6.01. The number of carbonyl (C=O) groups excluding carboxylic acids is 1. The molecule has 0 spiro atoms. The van der Waals surface area contributed by atoms with Gasteiger partial charge in [0.15, 0.2) is 0 Å². The number of anilines is 5. The summed E-state index contributed by atoms with van der Waals surface area (Å²) < 4.78 is 46.3. The van der Waals surface area contributed by atoms with Crippen LogP contribution in [-0.2, 0) is 17.4 Å². The van der Waals surface area contributed by atoms with E-state index in [-0.39, 0.29) is 17.3 Å². The van der Waals surface area contributed by atoms with Crippen LogP contribution in [0.5, 0.6) is 5.88 Å². The van der Waals surface area contributed by atoms with Gasteiger partial charge in [-0.3, -0.25) is 4.79 Å². The lowest BCUT2D eigenvalue weighted by atomic mass is 10.1. The molecule has 8 nitrogen and oxygen atoms in total. The lowest BCUT2D eigenvalue weighted by Crippen LogP contribution is -2.14. The minimum atomic E-state index is -4.72. The van der Waals surface area contributed by atoms with Crippen molar-refractivity contribution in [3.05, 3.63) is 66.0 Å². The summed E-state index contributed by atoms with van der Waals surface area (Å²) in [5.41, 5.74) is 1.57. The number of hydrogen-bond acceptors (Lipinski definition) is 7. The van der Waals surface area contributed by atoms with Gasteiger partial charge in [-0.1, -0.05) is 19.6 Å². The number of nitrogens with zero attached hydrogens (tertiary/aromatic N) is 3. The molecule has 0 aliphatic heterocycles. The van der Waals surface area contributed by atoms with Crippen molar-refractivity contribution >= 4 is 34.7 Å². The number of rotatable bonds is 8. The summed E-state index contributed by atoms with van der Waals surface area (Å²) in [6.45, 7) is 7.09. The van der Waals surface area contributed by atoms with Crippen molar-refractivity contribution < 1.29 is 22.7 Å². The van der Waals surface area contributed by atoms with E-state index in [9.17, 15) is 18.0 Å². The summed E-state index contributed by atoms with van der Waals surface area (Å²) in [4.78, 5) is 23.9. The summed E-state index contributed by atoms with van der Waals surface area (Å²) >= 11 is 0. The van der Waals surface area contributed by atoms with Crippen molar-refractivity contribution in [1.29, 1.82) is 0 Å². The Balaban J connectivity index is 2.04. The fraction of sp³-hybridized carbons (Fsp3) is 0.217. The van der Waals surface area contributed by atoms with E-state index < -0.39 is 23.5 Å². The molecule has 0 radical (unpaired) electrons. The normalized spacial score (nSPS) is 11.0. The van der Waals surface area contributed by atoms with E-state index in [1.807, 2.05) is 6.92 Å². The molecule has 0 saturated carbocycles. The number of carbonyl (C=O) groups is 1. The SMILES string of the molecule is C=CC(=O)Nc1cc(C)ccc1Nc1nc(Nc2cc(OC)ncc2CC)ncc1C(F)(F)F. The first kappa shape index (κ1) is 24.5. The smallest absolute Gasteiger partial charge is 0.421 e. The Morgan fingerprint density at radius 1 is 1.12 bits per heavy atom. The first-order valence-electron chi connectivity index (χ1n) is 10.2. The standard InChI is InChI=1S/C23H23F3N6O2/c1-5-14-11-27-20(34-4)10-17(14)31-22-28-12-15(23(24,25)26)21(32-22)30-16-8-7-13(3)9-18(16)29-19(33)6-2/h6-12H,2,5H2,1,3-4H3,(H,29,33)(H2,27,28,30,31,32). The number of aromatic nitrogens is 3. The molecule has 3 N–H and O–H groups in total. The van der Waals surface area contributed by atoms with Gasteiger partial charge in [0, 0.05) is 18.5 Å². The predicted molar refractivity (Wildman–Crippen MR) is 124 cm³/mol. The highest BCUT2D eigenvalue weighted by Crippen LogP contribution is 2.37. The maximum Gasteiger partial charge on any atom is 0.421 e. The third-order valence-electron chi connectivity index (χ3n) is 4.76. The molecule has 2 heterocycles. The van der Waals surface area contributed by atoms with E-state index in [2.05, 4.69) is 37.5 Å². The number of halogens is 3. The van der Waals surface area contributed by atoms with Crippen LogP contribution in [0.2, 0.25) is 0 Å². The zero-order chi connectivity index (χ0) is 24.9. The van der Waals surface area contributed by atoms with Gasteiger partial charge < -0.3 is 20.7 Å². The first-order valence-corrected chi connectivity index (χ1v) is 10.2. The Morgan fingerprint density at radius 3 is 2.53 bits per heavy atom. The predicted octanol–water partition coefficient (Wildman–Crippen LogP) is 5.38. The van der Waals surface area contributed by atoms with Crippen molar-refractivity contribution in [2.45, 2.75) is 26.4 Å². The molecule has 34 heavy (non-hydrogen) atoms. The molecule has 178 valence electrons. The summed E-state index contributed by atoms with van der Waals surface area (Å²) in [6.07, 6.45) is -0.747. The Labute approximate surface area is 194 Å². The molecule has 2 aromatic heterocycles. The Kier molecular flexibility index (Phi) is 7.34. The summed E-state index contributed by atoms with van der Waals surface area (Å²) in [5, 5.41) is 8.20. The summed E-state index contributed by atoms with van der Waals surface area (Å²) in [6, 6.07) is 6.46. The molecule has 0 atom stereocenters. The van der Waals surface area contributed by atoms with E-state index in [0.29, 0.717) is 24.2 Å². The molecular formula is C23H23F3N6O2. The number of nitrogens with one attached hydrogen (secondary N) is 3. The van der Waals surface area contributed by atoms with Crippen LogP contribution in [0.25, 0.3) is 0 Å². The van der Waals surface area contributed by atoms with Gasteiger partial charge in [-0.15, -0.1) is 0 Å². The highest BCUT2D eigenvalue weighted by atomic mass is 19.4. The fourth-order valence-corrected chi connectivity index (χ4v) is 3.02. The average molecular weight is 472 g/mol. The van der Waals surface area contributed by atoms with Gasteiger partial charge >= 0.3 is 6.18 Å². The zero-order valence-electron chi connectivity index (χ0n) is 18.7. The number of ether oxygens (including phenoxy) is 1. The molecule has 1 amide bonds. The van der Waals surface area contributed by atoms with Gasteiger partial charge in [-0.2, -0.15) is 18.2 Å². The van der Waals surface area contributed by atoms with Gasteiger partial charge in [-0.05, 0) is 42.7 Å². The summed E-state index contributed by atoms with van der Waals surface area (Å²) in [5.74, 6) is -0.732. The van der Waals surface area contributed by atoms with Crippen LogP contribution in [0.3, 0.4) is 0 Å². The molecule has 0 unspecified atom stereocenters. The second kappa shape index (κ2) is 10.2. The third kappa shape index (κ3) is 5.80. The first-order chi connectivity index (χ1) is 16.1.